The number of thioether (sulfide) groups is 2. The highest BCUT2D eigenvalue weighted by molar-refractivity contribution is 8.00. The molecule has 0 bridgehead atoms. The number of fused-ring (bicyclic) bond motifs is 2. The Balaban J connectivity index is 1.60. The van der Waals surface area contributed by atoms with Gasteiger partial charge in [0.15, 0.2) is 0 Å². The molecular formula is C18H16N2O2S2. The van der Waals surface area contributed by atoms with Gasteiger partial charge in [-0.05, 0) is 24.3 Å². The zero-order chi connectivity index (χ0) is 16.5. The number of hydrogen-bond acceptors (Lipinski definition) is 4. The van der Waals surface area contributed by atoms with Crippen LogP contribution in [0, 0.1) is 0 Å². The number of carbonyl (C=O) groups is 2. The maximum Gasteiger partial charge on any atom is 0.247 e. The van der Waals surface area contributed by atoms with Crippen molar-refractivity contribution < 1.29 is 9.59 Å². The zero-order valence-corrected chi connectivity index (χ0v) is 14.6. The van der Waals surface area contributed by atoms with Crippen LogP contribution in [0.4, 0.5) is 11.4 Å². The lowest BCUT2D eigenvalue weighted by Gasteiger charge is -2.33. The first kappa shape index (κ1) is 15.6. The molecule has 2 aromatic carbocycles. The van der Waals surface area contributed by atoms with E-state index in [0.29, 0.717) is 12.3 Å². The van der Waals surface area contributed by atoms with Crippen molar-refractivity contribution in [2.75, 3.05) is 34.4 Å². The number of benzene rings is 2. The molecule has 0 unspecified atom stereocenters. The van der Waals surface area contributed by atoms with Crippen LogP contribution in [0.2, 0.25) is 0 Å². The quantitative estimate of drug-likeness (QED) is 0.828. The van der Waals surface area contributed by atoms with Crippen molar-refractivity contribution in [3.63, 3.8) is 0 Å². The van der Waals surface area contributed by atoms with Crippen LogP contribution in [0.5, 0.6) is 0 Å². The second-order valence-electron chi connectivity index (χ2n) is 5.60. The third-order valence-electron chi connectivity index (χ3n) is 4.13. The standard InChI is InChI=1S/C18H16N2O2S2/c21-17(19-9-10-23-15-7-3-1-5-13(15)19)11-20-14-6-2-4-8-16(14)24-12-18(20)22/h1-8H,9-12H2. The van der Waals surface area contributed by atoms with Gasteiger partial charge in [0, 0.05) is 22.1 Å². The van der Waals surface area contributed by atoms with E-state index in [4.69, 9.17) is 0 Å². The van der Waals surface area contributed by atoms with Crippen molar-refractivity contribution in [1.29, 1.82) is 0 Å². The Hall–Kier alpha value is -1.92. The van der Waals surface area contributed by atoms with Gasteiger partial charge in [0.05, 0.1) is 17.1 Å². The van der Waals surface area contributed by atoms with Crippen molar-refractivity contribution in [3.05, 3.63) is 48.5 Å². The number of nitrogens with zero attached hydrogens (tertiary/aromatic N) is 2. The van der Waals surface area contributed by atoms with E-state index in [-0.39, 0.29) is 18.4 Å². The smallest absolute Gasteiger partial charge is 0.247 e. The summed E-state index contributed by atoms with van der Waals surface area (Å²) in [5.74, 6) is 1.23. The molecule has 4 nitrogen and oxygen atoms in total. The fourth-order valence-electron chi connectivity index (χ4n) is 2.98. The normalized spacial score (nSPS) is 16.6. The molecule has 6 heteroatoms. The zero-order valence-electron chi connectivity index (χ0n) is 13.0. The average Bonchev–Trinajstić information content (AvgIpc) is 2.63. The van der Waals surface area contributed by atoms with Crippen molar-refractivity contribution in [2.45, 2.75) is 9.79 Å². The molecule has 0 saturated carbocycles. The van der Waals surface area contributed by atoms with Gasteiger partial charge in [-0.3, -0.25) is 9.59 Å². The van der Waals surface area contributed by atoms with Crippen LogP contribution in [-0.2, 0) is 9.59 Å². The maximum atomic E-state index is 12.9. The summed E-state index contributed by atoms with van der Waals surface area (Å²) in [7, 11) is 0. The first-order valence-corrected chi connectivity index (χ1v) is 9.75. The predicted octanol–water partition coefficient (Wildman–Crippen LogP) is 3.26. The molecule has 2 amide bonds. The third kappa shape index (κ3) is 2.80. The van der Waals surface area contributed by atoms with Crippen LogP contribution in [0.3, 0.4) is 0 Å². The number of rotatable bonds is 2. The fourth-order valence-corrected chi connectivity index (χ4v) is 4.91. The van der Waals surface area contributed by atoms with Gasteiger partial charge >= 0.3 is 0 Å². The summed E-state index contributed by atoms with van der Waals surface area (Å²) in [4.78, 5) is 30.9. The topological polar surface area (TPSA) is 40.6 Å². The van der Waals surface area contributed by atoms with Crippen LogP contribution in [0.25, 0.3) is 0 Å². The molecule has 0 aliphatic carbocycles. The highest BCUT2D eigenvalue weighted by Gasteiger charge is 2.30. The summed E-state index contributed by atoms with van der Waals surface area (Å²) in [5, 5.41) is 0. The van der Waals surface area contributed by atoms with Crippen LogP contribution in [0.1, 0.15) is 0 Å². The second-order valence-corrected chi connectivity index (χ2v) is 7.75. The lowest BCUT2D eigenvalue weighted by molar-refractivity contribution is -0.121. The first-order valence-electron chi connectivity index (χ1n) is 7.78. The maximum absolute atomic E-state index is 12.9. The van der Waals surface area contributed by atoms with Crippen molar-refractivity contribution >= 4 is 46.7 Å². The molecule has 0 aromatic heterocycles. The van der Waals surface area contributed by atoms with Gasteiger partial charge in [0.25, 0.3) is 0 Å². The van der Waals surface area contributed by atoms with Crippen LogP contribution in [-0.4, -0.2) is 36.4 Å². The van der Waals surface area contributed by atoms with E-state index in [2.05, 4.69) is 0 Å². The number of carbonyl (C=O) groups excluding carboxylic acids is 2. The number of hydrogen-bond donors (Lipinski definition) is 0. The van der Waals surface area contributed by atoms with E-state index >= 15 is 0 Å². The molecule has 0 N–H and O–H groups in total. The summed E-state index contributed by atoms with van der Waals surface area (Å²) in [6.45, 7) is 0.772. The SMILES string of the molecule is O=C(CN1C(=O)CSc2ccccc21)N1CCSc2ccccc21. The summed E-state index contributed by atoms with van der Waals surface area (Å²) in [5.41, 5.74) is 1.79. The molecule has 24 heavy (non-hydrogen) atoms. The average molecular weight is 356 g/mol. The van der Waals surface area contributed by atoms with E-state index in [1.165, 1.54) is 11.8 Å². The van der Waals surface area contributed by atoms with E-state index < -0.39 is 0 Å². The molecule has 0 saturated heterocycles. The lowest BCUT2D eigenvalue weighted by atomic mass is 10.2. The van der Waals surface area contributed by atoms with Crippen LogP contribution in [0.15, 0.2) is 58.3 Å². The Morgan fingerprint density at radius 1 is 0.958 bits per heavy atom. The van der Waals surface area contributed by atoms with Crippen LogP contribution >= 0.6 is 23.5 Å². The summed E-state index contributed by atoms with van der Waals surface area (Å²) in [6.07, 6.45) is 0. The molecule has 122 valence electrons. The van der Waals surface area contributed by atoms with Gasteiger partial charge in [-0.1, -0.05) is 24.3 Å². The highest BCUT2D eigenvalue weighted by atomic mass is 32.2. The Bertz CT molecular complexity index is 809. The van der Waals surface area contributed by atoms with Gasteiger partial charge in [-0.2, -0.15) is 0 Å². The van der Waals surface area contributed by atoms with Gasteiger partial charge in [0.2, 0.25) is 11.8 Å². The summed E-state index contributed by atoms with van der Waals surface area (Å²) in [6, 6.07) is 15.7. The van der Waals surface area contributed by atoms with Gasteiger partial charge < -0.3 is 9.80 Å². The van der Waals surface area contributed by atoms with Crippen molar-refractivity contribution in [3.8, 4) is 0 Å². The minimum absolute atomic E-state index is 0.00767. The summed E-state index contributed by atoms with van der Waals surface area (Å²) >= 11 is 3.30. The lowest BCUT2D eigenvalue weighted by Crippen LogP contribution is -2.46. The molecule has 0 atom stereocenters. The predicted molar refractivity (Wildman–Crippen MR) is 99.0 cm³/mol. The molecule has 4 rings (SSSR count). The van der Waals surface area contributed by atoms with Crippen LogP contribution < -0.4 is 9.80 Å². The summed E-state index contributed by atoms with van der Waals surface area (Å²) < 4.78 is 0. The Morgan fingerprint density at radius 2 is 1.62 bits per heavy atom. The van der Waals surface area contributed by atoms with Crippen molar-refractivity contribution in [2.24, 2.45) is 0 Å². The fraction of sp³-hybridized carbons (Fsp3) is 0.222. The minimum atomic E-state index is -0.0298. The first-order chi connectivity index (χ1) is 11.7. The van der Waals surface area contributed by atoms with E-state index in [1.807, 2.05) is 53.4 Å². The molecule has 2 aliphatic rings. The Kier molecular flexibility index (Phi) is 4.24. The van der Waals surface area contributed by atoms with E-state index in [0.717, 1.165) is 26.9 Å². The minimum Gasteiger partial charge on any atom is -0.309 e. The Morgan fingerprint density at radius 3 is 2.42 bits per heavy atom. The van der Waals surface area contributed by atoms with Gasteiger partial charge in [-0.15, -0.1) is 23.5 Å². The van der Waals surface area contributed by atoms with Crippen molar-refractivity contribution in [1.82, 2.24) is 0 Å². The number of amides is 2. The molecule has 2 heterocycles. The van der Waals surface area contributed by atoms with E-state index in [1.54, 1.807) is 16.7 Å². The Labute approximate surface area is 149 Å². The second kappa shape index (κ2) is 6.53. The number of para-hydroxylation sites is 2. The van der Waals surface area contributed by atoms with E-state index in [9.17, 15) is 9.59 Å². The molecule has 0 fully saturated rings. The molecule has 0 radical (unpaired) electrons. The molecular weight excluding hydrogens is 340 g/mol. The largest absolute Gasteiger partial charge is 0.309 e. The molecule has 0 spiro atoms. The molecule has 2 aromatic rings. The van der Waals surface area contributed by atoms with Gasteiger partial charge in [-0.25, -0.2) is 0 Å². The third-order valence-corrected chi connectivity index (χ3v) is 6.22. The highest BCUT2D eigenvalue weighted by Crippen LogP contribution is 2.36. The van der Waals surface area contributed by atoms with Gasteiger partial charge in [0.1, 0.15) is 6.54 Å². The molecule has 2 aliphatic heterocycles. The monoisotopic (exact) mass is 356 g/mol. The number of anilines is 2.